The summed E-state index contributed by atoms with van der Waals surface area (Å²) in [4.78, 5) is 12.6. The van der Waals surface area contributed by atoms with Gasteiger partial charge in [-0.15, -0.1) is 0 Å². The molecule has 0 spiro atoms. The van der Waals surface area contributed by atoms with Crippen molar-refractivity contribution in [3.05, 3.63) is 84.2 Å². The van der Waals surface area contributed by atoms with Crippen LogP contribution in [-0.4, -0.2) is 18.6 Å². The molecule has 0 unspecified atom stereocenters. The molecule has 0 saturated carbocycles. The van der Waals surface area contributed by atoms with Gasteiger partial charge in [-0.1, -0.05) is 36.4 Å². The second-order valence-electron chi connectivity index (χ2n) is 7.23. The topological polar surface area (TPSA) is 47.6 Å². The molecule has 0 bridgehead atoms. The van der Waals surface area contributed by atoms with Crippen molar-refractivity contribution in [2.75, 3.05) is 12.4 Å². The number of ether oxygens (including phenoxy) is 2. The van der Waals surface area contributed by atoms with Gasteiger partial charge in [0, 0.05) is 12.8 Å². The van der Waals surface area contributed by atoms with Crippen LogP contribution in [0.15, 0.2) is 72.8 Å². The number of methoxy groups -OCH3 is 1. The highest BCUT2D eigenvalue weighted by atomic mass is 19.1. The zero-order valence-electron chi connectivity index (χ0n) is 16.7. The third-order valence-electron chi connectivity index (χ3n) is 4.47. The molecule has 0 atom stereocenters. The fourth-order valence-corrected chi connectivity index (χ4v) is 2.83. The van der Waals surface area contributed by atoms with Crippen molar-refractivity contribution < 1.29 is 18.7 Å². The number of anilines is 1. The van der Waals surface area contributed by atoms with Crippen molar-refractivity contribution >= 4 is 11.6 Å². The van der Waals surface area contributed by atoms with Gasteiger partial charge in [-0.05, 0) is 66.9 Å². The number of carbonyl (C=O) groups is 1. The van der Waals surface area contributed by atoms with Crippen LogP contribution in [-0.2, 0) is 16.1 Å². The summed E-state index contributed by atoms with van der Waals surface area (Å²) in [7, 11) is 1.67. The molecule has 3 aromatic carbocycles. The smallest absolute Gasteiger partial charge is 0.267 e. The lowest BCUT2D eigenvalue weighted by molar-refractivity contribution is -0.128. The Morgan fingerprint density at radius 3 is 2.00 bits per heavy atom. The SMILES string of the molecule is COCc1ccc(-c2ccc(NC(=O)C(C)(C)Oc3ccc(F)cc3)cc2)cc1. The Hall–Kier alpha value is -3.18. The highest BCUT2D eigenvalue weighted by Gasteiger charge is 2.30. The number of nitrogens with one attached hydrogen (secondary N) is 1. The molecule has 0 aromatic heterocycles. The quantitative estimate of drug-likeness (QED) is 0.582. The molecule has 0 radical (unpaired) electrons. The van der Waals surface area contributed by atoms with Gasteiger partial charge in [0.15, 0.2) is 5.60 Å². The lowest BCUT2D eigenvalue weighted by atomic mass is 10.0. The van der Waals surface area contributed by atoms with Crippen LogP contribution in [0, 0.1) is 5.82 Å². The number of halogens is 1. The van der Waals surface area contributed by atoms with E-state index in [0.717, 1.165) is 16.7 Å². The molecule has 150 valence electrons. The van der Waals surface area contributed by atoms with Gasteiger partial charge in [-0.25, -0.2) is 4.39 Å². The van der Waals surface area contributed by atoms with E-state index in [4.69, 9.17) is 9.47 Å². The molecule has 0 saturated heterocycles. The summed E-state index contributed by atoms with van der Waals surface area (Å²) in [6, 6.07) is 21.3. The standard InChI is InChI=1S/C24H24FNO3/c1-24(2,29-22-14-10-20(25)11-15-22)23(27)26-21-12-8-19(9-13-21)18-6-4-17(5-7-18)16-28-3/h4-15H,16H2,1-3H3,(H,26,27). The number of carbonyl (C=O) groups excluding carboxylic acids is 1. The summed E-state index contributed by atoms with van der Waals surface area (Å²) in [6.07, 6.45) is 0. The molecule has 29 heavy (non-hydrogen) atoms. The van der Waals surface area contributed by atoms with Crippen LogP contribution in [0.1, 0.15) is 19.4 Å². The van der Waals surface area contributed by atoms with Gasteiger partial charge >= 0.3 is 0 Å². The van der Waals surface area contributed by atoms with Gasteiger partial charge in [-0.2, -0.15) is 0 Å². The Balaban J connectivity index is 1.65. The Kier molecular flexibility index (Phi) is 6.29. The molecule has 0 aliphatic carbocycles. The first-order valence-electron chi connectivity index (χ1n) is 9.32. The monoisotopic (exact) mass is 393 g/mol. The van der Waals surface area contributed by atoms with Crippen molar-refractivity contribution in [1.82, 2.24) is 0 Å². The van der Waals surface area contributed by atoms with Gasteiger partial charge in [0.2, 0.25) is 0 Å². The third kappa shape index (κ3) is 5.42. The van der Waals surface area contributed by atoms with E-state index >= 15 is 0 Å². The fraction of sp³-hybridized carbons (Fsp3) is 0.208. The average molecular weight is 393 g/mol. The van der Waals surface area contributed by atoms with Gasteiger partial charge in [-0.3, -0.25) is 4.79 Å². The number of rotatable bonds is 7. The molecule has 0 fully saturated rings. The summed E-state index contributed by atoms with van der Waals surface area (Å²) in [5.74, 6) is -0.217. The second kappa shape index (κ2) is 8.88. The number of hydrogen-bond donors (Lipinski definition) is 1. The maximum atomic E-state index is 13.0. The van der Waals surface area contributed by atoms with E-state index in [2.05, 4.69) is 5.32 Å². The van der Waals surface area contributed by atoms with E-state index in [1.807, 2.05) is 48.5 Å². The van der Waals surface area contributed by atoms with E-state index in [0.29, 0.717) is 18.0 Å². The van der Waals surface area contributed by atoms with Crippen LogP contribution in [0.5, 0.6) is 5.75 Å². The third-order valence-corrected chi connectivity index (χ3v) is 4.47. The van der Waals surface area contributed by atoms with Crippen LogP contribution in [0.3, 0.4) is 0 Å². The number of amides is 1. The van der Waals surface area contributed by atoms with E-state index in [9.17, 15) is 9.18 Å². The van der Waals surface area contributed by atoms with Crippen LogP contribution < -0.4 is 10.1 Å². The van der Waals surface area contributed by atoms with Crippen LogP contribution in [0.2, 0.25) is 0 Å². The van der Waals surface area contributed by atoms with Crippen molar-refractivity contribution in [1.29, 1.82) is 0 Å². The first-order valence-corrected chi connectivity index (χ1v) is 9.32. The second-order valence-corrected chi connectivity index (χ2v) is 7.23. The van der Waals surface area contributed by atoms with Crippen molar-refractivity contribution in [3.8, 4) is 16.9 Å². The minimum atomic E-state index is -1.12. The number of hydrogen-bond acceptors (Lipinski definition) is 3. The Morgan fingerprint density at radius 2 is 1.45 bits per heavy atom. The van der Waals surface area contributed by atoms with E-state index < -0.39 is 5.60 Å². The summed E-state index contributed by atoms with van der Waals surface area (Å²) in [5, 5.41) is 2.86. The van der Waals surface area contributed by atoms with Crippen molar-refractivity contribution in [3.63, 3.8) is 0 Å². The average Bonchev–Trinajstić information content (AvgIpc) is 2.71. The Labute approximate surface area is 170 Å². The van der Waals surface area contributed by atoms with E-state index in [1.54, 1.807) is 21.0 Å². The molecule has 3 aromatic rings. The minimum Gasteiger partial charge on any atom is -0.478 e. The van der Waals surface area contributed by atoms with E-state index in [1.165, 1.54) is 24.3 Å². The molecule has 5 heteroatoms. The van der Waals surface area contributed by atoms with Crippen LogP contribution in [0.4, 0.5) is 10.1 Å². The summed E-state index contributed by atoms with van der Waals surface area (Å²) < 4.78 is 23.9. The highest BCUT2D eigenvalue weighted by molar-refractivity contribution is 5.97. The molecule has 0 aliphatic heterocycles. The lowest BCUT2D eigenvalue weighted by Crippen LogP contribution is -2.42. The fourth-order valence-electron chi connectivity index (χ4n) is 2.83. The molecule has 1 N–H and O–H groups in total. The first-order chi connectivity index (χ1) is 13.9. The van der Waals surface area contributed by atoms with Crippen LogP contribution in [0.25, 0.3) is 11.1 Å². The largest absolute Gasteiger partial charge is 0.478 e. The van der Waals surface area contributed by atoms with Crippen molar-refractivity contribution in [2.24, 2.45) is 0 Å². The van der Waals surface area contributed by atoms with Gasteiger partial charge in [0.1, 0.15) is 11.6 Å². The molecule has 4 nitrogen and oxygen atoms in total. The molecule has 3 rings (SSSR count). The van der Waals surface area contributed by atoms with Gasteiger partial charge in [0.25, 0.3) is 5.91 Å². The maximum absolute atomic E-state index is 13.0. The summed E-state index contributed by atoms with van der Waals surface area (Å²) >= 11 is 0. The van der Waals surface area contributed by atoms with Gasteiger partial charge in [0.05, 0.1) is 6.61 Å². The number of benzene rings is 3. The molecular formula is C24H24FNO3. The molecule has 0 heterocycles. The molecule has 1 amide bonds. The predicted molar refractivity (Wildman–Crippen MR) is 112 cm³/mol. The Morgan fingerprint density at radius 1 is 0.897 bits per heavy atom. The van der Waals surface area contributed by atoms with E-state index in [-0.39, 0.29) is 11.7 Å². The van der Waals surface area contributed by atoms with Crippen molar-refractivity contribution in [2.45, 2.75) is 26.1 Å². The Bertz CT molecular complexity index is 949. The maximum Gasteiger partial charge on any atom is 0.267 e. The normalized spacial score (nSPS) is 11.2. The highest BCUT2D eigenvalue weighted by Crippen LogP contribution is 2.24. The summed E-state index contributed by atoms with van der Waals surface area (Å²) in [6.45, 7) is 3.92. The predicted octanol–water partition coefficient (Wildman–Crippen LogP) is 5.44. The summed E-state index contributed by atoms with van der Waals surface area (Å²) in [5.41, 5.74) is 2.80. The first kappa shape index (κ1) is 20.6. The zero-order chi connectivity index (χ0) is 20.9. The lowest BCUT2D eigenvalue weighted by Gasteiger charge is -2.25. The zero-order valence-corrected chi connectivity index (χ0v) is 16.7. The van der Waals surface area contributed by atoms with Gasteiger partial charge < -0.3 is 14.8 Å². The minimum absolute atomic E-state index is 0.293. The molecule has 0 aliphatic rings. The molecular weight excluding hydrogens is 369 g/mol. The van der Waals surface area contributed by atoms with Crippen LogP contribution >= 0.6 is 0 Å².